The molecule has 0 rings (SSSR count). The molecule has 0 aromatic rings. The van der Waals surface area contributed by atoms with E-state index < -0.39 is 11.7 Å². The van der Waals surface area contributed by atoms with Crippen molar-refractivity contribution in [1.82, 2.24) is 5.32 Å². The van der Waals surface area contributed by atoms with Crippen LogP contribution in [0.1, 0.15) is 41.0 Å². The summed E-state index contributed by atoms with van der Waals surface area (Å²) in [7, 11) is 0. The van der Waals surface area contributed by atoms with Gasteiger partial charge in [-0.3, -0.25) is 4.79 Å². The summed E-state index contributed by atoms with van der Waals surface area (Å²) in [6.07, 6.45) is 4.08. The molecule has 0 aromatic heterocycles. The molecule has 0 heterocycles. The van der Waals surface area contributed by atoms with Gasteiger partial charge in [-0.1, -0.05) is 19.9 Å². The number of carbonyl (C=O) groups is 2. The molecule has 0 aliphatic rings. The smallest absolute Gasteiger partial charge is 0.408 e. The lowest BCUT2D eigenvalue weighted by molar-refractivity contribution is -0.104. The average Bonchev–Trinajstić information content (AvgIpc) is 2.09. The van der Waals surface area contributed by atoms with Gasteiger partial charge in [0.05, 0.1) is 6.04 Å². The monoisotopic (exact) mass is 241 g/mol. The molecule has 0 fully saturated rings. The minimum absolute atomic E-state index is 0.171. The van der Waals surface area contributed by atoms with E-state index >= 15 is 0 Å². The number of amides is 1. The van der Waals surface area contributed by atoms with Gasteiger partial charge in [0.2, 0.25) is 0 Å². The molecule has 1 amide bonds. The van der Waals surface area contributed by atoms with E-state index in [1.807, 2.05) is 20.8 Å². The van der Waals surface area contributed by atoms with Gasteiger partial charge >= 0.3 is 6.09 Å². The lowest BCUT2D eigenvalue weighted by Gasteiger charge is -2.23. The zero-order valence-corrected chi connectivity index (χ0v) is 11.3. The van der Waals surface area contributed by atoms with Crippen molar-refractivity contribution in [1.29, 1.82) is 0 Å². The van der Waals surface area contributed by atoms with E-state index in [1.165, 1.54) is 6.08 Å². The van der Waals surface area contributed by atoms with Gasteiger partial charge in [0.25, 0.3) is 0 Å². The van der Waals surface area contributed by atoms with E-state index in [-0.39, 0.29) is 6.04 Å². The number of rotatable bonds is 5. The summed E-state index contributed by atoms with van der Waals surface area (Å²) in [4.78, 5) is 21.8. The topological polar surface area (TPSA) is 55.4 Å². The normalized spacial score (nSPS) is 13.8. The van der Waals surface area contributed by atoms with E-state index in [0.29, 0.717) is 12.2 Å². The average molecular weight is 241 g/mol. The Kier molecular flexibility index (Phi) is 6.54. The first-order valence-electron chi connectivity index (χ1n) is 5.86. The Labute approximate surface area is 103 Å². The van der Waals surface area contributed by atoms with Crippen molar-refractivity contribution in [2.75, 3.05) is 0 Å². The predicted molar refractivity (Wildman–Crippen MR) is 67.8 cm³/mol. The van der Waals surface area contributed by atoms with Crippen LogP contribution in [-0.4, -0.2) is 24.0 Å². The number of carbonyl (C=O) groups excluding carboxylic acids is 2. The zero-order chi connectivity index (χ0) is 13.5. The molecule has 0 radical (unpaired) electrons. The SMILES string of the molecule is CC(C)C[C@@H](/C=C/C=O)NC(=O)OC(C)(C)C. The summed E-state index contributed by atoms with van der Waals surface area (Å²) >= 11 is 0. The van der Waals surface area contributed by atoms with Crippen LogP contribution in [-0.2, 0) is 9.53 Å². The highest BCUT2D eigenvalue weighted by molar-refractivity contribution is 5.69. The first kappa shape index (κ1) is 15.7. The summed E-state index contributed by atoms with van der Waals surface area (Å²) in [6, 6.07) is -0.171. The molecule has 0 saturated heterocycles. The maximum Gasteiger partial charge on any atom is 0.408 e. The fourth-order valence-corrected chi connectivity index (χ4v) is 1.33. The molecule has 0 bridgehead atoms. The van der Waals surface area contributed by atoms with Crippen LogP contribution in [0.25, 0.3) is 0 Å². The van der Waals surface area contributed by atoms with Gasteiger partial charge < -0.3 is 10.1 Å². The Hall–Kier alpha value is -1.32. The Morgan fingerprint density at radius 2 is 1.94 bits per heavy atom. The molecule has 1 N–H and O–H groups in total. The molecule has 4 heteroatoms. The lowest BCUT2D eigenvalue weighted by Crippen LogP contribution is -2.38. The van der Waals surface area contributed by atoms with E-state index in [2.05, 4.69) is 19.2 Å². The Balaban J connectivity index is 4.37. The molecule has 17 heavy (non-hydrogen) atoms. The summed E-state index contributed by atoms with van der Waals surface area (Å²) in [5.74, 6) is 0.422. The van der Waals surface area contributed by atoms with Gasteiger partial charge in [0.15, 0.2) is 0 Å². The number of ether oxygens (including phenoxy) is 1. The van der Waals surface area contributed by atoms with Gasteiger partial charge in [-0.05, 0) is 39.2 Å². The molecule has 0 unspecified atom stereocenters. The first-order valence-corrected chi connectivity index (χ1v) is 5.86. The van der Waals surface area contributed by atoms with Gasteiger partial charge in [-0.25, -0.2) is 4.79 Å². The summed E-state index contributed by atoms with van der Waals surface area (Å²) in [5.41, 5.74) is -0.513. The highest BCUT2D eigenvalue weighted by Gasteiger charge is 2.18. The third kappa shape index (κ3) is 9.60. The van der Waals surface area contributed by atoms with Crippen LogP contribution < -0.4 is 5.32 Å². The van der Waals surface area contributed by atoms with E-state index in [9.17, 15) is 9.59 Å². The second-order valence-electron chi connectivity index (χ2n) is 5.40. The lowest BCUT2D eigenvalue weighted by atomic mass is 10.0. The Bertz CT molecular complexity index is 277. The molecule has 0 aliphatic carbocycles. The fourth-order valence-electron chi connectivity index (χ4n) is 1.33. The fraction of sp³-hybridized carbons (Fsp3) is 0.692. The number of allylic oxidation sites excluding steroid dienone is 1. The zero-order valence-electron chi connectivity index (χ0n) is 11.3. The third-order valence-corrected chi connectivity index (χ3v) is 1.85. The van der Waals surface area contributed by atoms with E-state index in [0.717, 1.165) is 6.42 Å². The highest BCUT2D eigenvalue weighted by Crippen LogP contribution is 2.09. The molecule has 0 aromatic carbocycles. The van der Waals surface area contributed by atoms with Crippen molar-refractivity contribution in [3.8, 4) is 0 Å². The number of aldehydes is 1. The number of hydrogen-bond acceptors (Lipinski definition) is 3. The van der Waals surface area contributed by atoms with Gasteiger partial charge in [0, 0.05) is 0 Å². The molecule has 0 spiro atoms. The van der Waals surface area contributed by atoms with Crippen LogP contribution in [0, 0.1) is 5.92 Å². The summed E-state index contributed by atoms with van der Waals surface area (Å²) in [6.45, 7) is 9.54. The van der Waals surface area contributed by atoms with Crippen molar-refractivity contribution < 1.29 is 14.3 Å². The maximum absolute atomic E-state index is 11.6. The van der Waals surface area contributed by atoms with E-state index in [4.69, 9.17) is 4.74 Å². The second kappa shape index (κ2) is 7.09. The van der Waals surface area contributed by atoms with Crippen LogP contribution in [0.4, 0.5) is 4.79 Å². The minimum Gasteiger partial charge on any atom is -0.444 e. The van der Waals surface area contributed by atoms with Crippen LogP contribution in [0.3, 0.4) is 0 Å². The first-order chi connectivity index (χ1) is 7.74. The maximum atomic E-state index is 11.6. The van der Waals surface area contributed by atoms with Gasteiger partial charge in [0.1, 0.15) is 11.9 Å². The van der Waals surface area contributed by atoms with Gasteiger partial charge in [-0.15, -0.1) is 0 Å². The molecule has 98 valence electrons. The molecule has 1 atom stereocenters. The second-order valence-corrected chi connectivity index (χ2v) is 5.40. The minimum atomic E-state index is -0.513. The standard InChI is InChI=1S/C13H23NO3/c1-10(2)9-11(7-6-8-15)14-12(16)17-13(3,4)5/h6-8,10-11H,9H2,1-5H3,(H,14,16)/b7-6+/t11-/m1/s1. The molecular weight excluding hydrogens is 218 g/mol. The largest absolute Gasteiger partial charge is 0.444 e. The van der Waals surface area contributed by atoms with Crippen LogP contribution in [0.2, 0.25) is 0 Å². The van der Waals surface area contributed by atoms with Crippen molar-refractivity contribution in [3.63, 3.8) is 0 Å². The number of alkyl carbamates (subject to hydrolysis) is 1. The summed E-state index contributed by atoms with van der Waals surface area (Å²) in [5, 5.41) is 2.73. The molecule has 4 nitrogen and oxygen atoms in total. The van der Waals surface area contributed by atoms with Crippen molar-refractivity contribution >= 4 is 12.4 Å². The molecular formula is C13H23NO3. The van der Waals surface area contributed by atoms with Crippen molar-refractivity contribution in [2.24, 2.45) is 5.92 Å². The van der Waals surface area contributed by atoms with Crippen molar-refractivity contribution in [3.05, 3.63) is 12.2 Å². The quantitative estimate of drug-likeness (QED) is 0.594. The van der Waals surface area contributed by atoms with Gasteiger partial charge in [-0.2, -0.15) is 0 Å². The molecule has 0 saturated carbocycles. The number of nitrogens with one attached hydrogen (secondary N) is 1. The van der Waals surface area contributed by atoms with Crippen LogP contribution in [0.15, 0.2) is 12.2 Å². The highest BCUT2D eigenvalue weighted by atomic mass is 16.6. The van der Waals surface area contributed by atoms with E-state index in [1.54, 1.807) is 6.08 Å². The predicted octanol–water partition coefficient (Wildman–Crippen LogP) is 2.68. The Morgan fingerprint density at radius 3 is 2.35 bits per heavy atom. The van der Waals surface area contributed by atoms with Crippen LogP contribution >= 0.6 is 0 Å². The summed E-state index contributed by atoms with van der Waals surface area (Å²) < 4.78 is 5.16. The molecule has 0 aliphatic heterocycles. The third-order valence-electron chi connectivity index (χ3n) is 1.85. The Morgan fingerprint density at radius 1 is 1.35 bits per heavy atom. The van der Waals surface area contributed by atoms with Crippen LogP contribution in [0.5, 0.6) is 0 Å². The van der Waals surface area contributed by atoms with Crippen molar-refractivity contribution in [2.45, 2.75) is 52.7 Å². The number of hydrogen-bond donors (Lipinski definition) is 1.